The quantitative estimate of drug-likeness (QED) is 0.609. The van der Waals surface area contributed by atoms with E-state index in [0.29, 0.717) is 11.6 Å². The molecule has 0 aliphatic heterocycles. The summed E-state index contributed by atoms with van der Waals surface area (Å²) < 4.78 is -0.846. The van der Waals surface area contributed by atoms with Gasteiger partial charge in [0.15, 0.2) is 5.16 Å². The van der Waals surface area contributed by atoms with E-state index in [9.17, 15) is 4.79 Å². The van der Waals surface area contributed by atoms with E-state index in [1.54, 1.807) is 25.4 Å². The second kappa shape index (κ2) is 4.41. The number of aromatic nitrogens is 2. The van der Waals surface area contributed by atoms with E-state index in [1.807, 2.05) is 6.92 Å². The minimum Gasteiger partial charge on any atom is -0.480 e. The Hall–Kier alpha value is -1.10. The summed E-state index contributed by atoms with van der Waals surface area (Å²) in [6.45, 7) is 3.51. The Balaban J connectivity index is 2.81. The predicted octanol–water partition coefficient (Wildman–Crippen LogP) is 1.82. The number of hydrogen-bond acceptors (Lipinski definition) is 4. The standard InChI is InChI=1S/C9H12N2O2S/c1-3-9(2,7(12)13)14-8-10-5-4-6-11-8/h4-6H,3H2,1-2H3,(H,12,13). The van der Waals surface area contributed by atoms with E-state index in [4.69, 9.17) is 5.11 Å². The molecular formula is C9H12N2O2S. The fraction of sp³-hybridized carbons (Fsp3) is 0.444. The minimum atomic E-state index is -0.846. The molecule has 1 atom stereocenters. The number of thioether (sulfide) groups is 1. The number of carboxylic acid groups (broad SMARTS) is 1. The van der Waals surface area contributed by atoms with Crippen LogP contribution < -0.4 is 0 Å². The van der Waals surface area contributed by atoms with E-state index in [2.05, 4.69) is 9.97 Å². The zero-order chi connectivity index (χ0) is 10.6. The van der Waals surface area contributed by atoms with Gasteiger partial charge in [-0.05, 0) is 19.4 Å². The third-order valence-electron chi connectivity index (χ3n) is 1.99. The molecule has 1 unspecified atom stereocenters. The summed E-state index contributed by atoms with van der Waals surface area (Å²) in [4.78, 5) is 18.9. The van der Waals surface area contributed by atoms with Gasteiger partial charge in [0.2, 0.25) is 0 Å². The summed E-state index contributed by atoms with van der Waals surface area (Å²) in [7, 11) is 0. The lowest BCUT2D eigenvalue weighted by atomic mass is 10.1. The van der Waals surface area contributed by atoms with Crippen molar-refractivity contribution >= 4 is 17.7 Å². The summed E-state index contributed by atoms with van der Waals surface area (Å²) >= 11 is 1.18. The van der Waals surface area contributed by atoms with Crippen molar-refractivity contribution in [2.24, 2.45) is 0 Å². The Morgan fingerprint density at radius 1 is 1.57 bits per heavy atom. The molecule has 1 heterocycles. The zero-order valence-corrected chi connectivity index (χ0v) is 8.91. The summed E-state index contributed by atoms with van der Waals surface area (Å²) in [5.41, 5.74) is 0. The molecule has 0 radical (unpaired) electrons. The highest BCUT2D eigenvalue weighted by Gasteiger charge is 2.33. The molecule has 1 rings (SSSR count). The van der Waals surface area contributed by atoms with Crippen LogP contribution >= 0.6 is 11.8 Å². The van der Waals surface area contributed by atoms with E-state index < -0.39 is 10.7 Å². The van der Waals surface area contributed by atoms with Crippen LogP contribution in [0.25, 0.3) is 0 Å². The van der Waals surface area contributed by atoms with Crippen LogP contribution in [0.3, 0.4) is 0 Å². The topological polar surface area (TPSA) is 63.1 Å². The lowest BCUT2D eigenvalue weighted by Gasteiger charge is -2.20. The fourth-order valence-electron chi connectivity index (χ4n) is 0.807. The molecule has 14 heavy (non-hydrogen) atoms. The van der Waals surface area contributed by atoms with Crippen molar-refractivity contribution < 1.29 is 9.90 Å². The van der Waals surface area contributed by atoms with Crippen molar-refractivity contribution in [2.75, 3.05) is 0 Å². The molecule has 0 fully saturated rings. The van der Waals surface area contributed by atoms with E-state index in [-0.39, 0.29) is 0 Å². The van der Waals surface area contributed by atoms with Crippen LogP contribution in [0.4, 0.5) is 0 Å². The average molecular weight is 212 g/mol. The lowest BCUT2D eigenvalue weighted by Crippen LogP contribution is -2.30. The maximum Gasteiger partial charge on any atom is 0.319 e. The minimum absolute atomic E-state index is 0.499. The Labute approximate surface area is 86.8 Å². The molecule has 0 aliphatic rings. The van der Waals surface area contributed by atoms with Crippen LogP contribution in [0.2, 0.25) is 0 Å². The monoisotopic (exact) mass is 212 g/mol. The first kappa shape index (κ1) is 11.0. The van der Waals surface area contributed by atoms with Crippen molar-refractivity contribution in [2.45, 2.75) is 30.2 Å². The lowest BCUT2D eigenvalue weighted by molar-refractivity contribution is -0.139. The molecule has 5 heteroatoms. The second-order valence-electron chi connectivity index (χ2n) is 3.02. The molecule has 76 valence electrons. The number of rotatable bonds is 4. The fourth-order valence-corrected chi connectivity index (χ4v) is 1.67. The van der Waals surface area contributed by atoms with Crippen LogP contribution in [0.1, 0.15) is 20.3 Å². The molecule has 0 aromatic carbocycles. The predicted molar refractivity (Wildman–Crippen MR) is 54.2 cm³/mol. The van der Waals surface area contributed by atoms with Crippen LogP contribution in [0.15, 0.2) is 23.6 Å². The SMILES string of the molecule is CCC(C)(Sc1ncccn1)C(=O)O. The van der Waals surface area contributed by atoms with Crippen molar-refractivity contribution in [3.8, 4) is 0 Å². The number of carbonyl (C=O) groups is 1. The number of hydrogen-bond donors (Lipinski definition) is 1. The van der Waals surface area contributed by atoms with E-state index in [0.717, 1.165) is 0 Å². The number of nitrogens with zero attached hydrogens (tertiary/aromatic N) is 2. The summed E-state index contributed by atoms with van der Waals surface area (Å²) in [5.74, 6) is -0.836. The van der Waals surface area contributed by atoms with Gasteiger partial charge in [0.25, 0.3) is 0 Å². The Bertz CT molecular complexity index is 318. The largest absolute Gasteiger partial charge is 0.480 e. The van der Waals surface area contributed by atoms with Gasteiger partial charge in [0, 0.05) is 12.4 Å². The molecule has 1 aromatic rings. The van der Waals surface area contributed by atoms with Crippen molar-refractivity contribution in [1.82, 2.24) is 9.97 Å². The van der Waals surface area contributed by atoms with Gasteiger partial charge in [-0.2, -0.15) is 0 Å². The molecule has 4 nitrogen and oxygen atoms in total. The first-order valence-corrected chi connectivity index (χ1v) is 5.09. The normalized spacial score (nSPS) is 14.7. The van der Waals surface area contributed by atoms with Crippen molar-refractivity contribution in [3.05, 3.63) is 18.5 Å². The molecule has 0 spiro atoms. The number of aliphatic carboxylic acids is 1. The highest BCUT2D eigenvalue weighted by molar-refractivity contribution is 8.01. The highest BCUT2D eigenvalue weighted by atomic mass is 32.2. The highest BCUT2D eigenvalue weighted by Crippen LogP contribution is 2.32. The maximum absolute atomic E-state index is 11.0. The van der Waals surface area contributed by atoms with Gasteiger partial charge >= 0.3 is 5.97 Å². The molecule has 0 saturated heterocycles. The van der Waals surface area contributed by atoms with Gasteiger partial charge in [-0.3, -0.25) is 4.79 Å². The Morgan fingerprint density at radius 2 is 2.14 bits per heavy atom. The van der Waals surface area contributed by atoms with Crippen LogP contribution in [0.5, 0.6) is 0 Å². The van der Waals surface area contributed by atoms with E-state index in [1.165, 1.54) is 11.8 Å². The van der Waals surface area contributed by atoms with Gasteiger partial charge < -0.3 is 5.11 Å². The van der Waals surface area contributed by atoms with Crippen molar-refractivity contribution in [3.63, 3.8) is 0 Å². The van der Waals surface area contributed by atoms with Gasteiger partial charge in [-0.25, -0.2) is 9.97 Å². The molecule has 0 bridgehead atoms. The summed E-state index contributed by atoms with van der Waals surface area (Å²) in [5, 5.41) is 9.52. The van der Waals surface area contributed by atoms with Crippen LogP contribution in [-0.2, 0) is 4.79 Å². The molecule has 0 amide bonds. The molecule has 0 aliphatic carbocycles. The summed E-state index contributed by atoms with van der Waals surface area (Å²) in [6.07, 6.45) is 3.74. The molecular weight excluding hydrogens is 200 g/mol. The summed E-state index contributed by atoms with van der Waals surface area (Å²) in [6, 6.07) is 1.70. The first-order chi connectivity index (χ1) is 6.58. The molecule has 1 N–H and O–H groups in total. The third-order valence-corrected chi connectivity index (χ3v) is 3.29. The Morgan fingerprint density at radius 3 is 2.57 bits per heavy atom. The van der Waals surface area contributed by atoms with Gasteiger partial charge in [0.1, 0.15) is 4.75 Å². The van der Waals surface area contributed by atoms with Crippen LogP contribution in [-0.4, -0.2) is 25.8 Å². The average Bonchev–Trinajstić information content (AvgIpc) is 2.19. The maximum atomic E-state index is 11.0. The molecule has 0 saturated carbocycles. The number of carboxylic acids is 1. The first-order valence-electron chi connectivity index (χ1n) is 4.28. The van der Waals surface area contributed by atoms with Crippen LogP contribution in [0, 0.1) is 0 Å². The van der Waals surface area contributed by atoms with Gasteiger partial charge in [-0.15, -0.1) is 0 Å². The Kier molecular flexibility index (Phi) is 3.46. The second-order valence-corrected chi connectivity index (χ2v) is 4.49. The third kappa shape index (κ3) is 2.45. The van der Waals surface area contributed by atoms with Crippen molar-refractivity contribution in [1.29, 1.82) is 0 Å². The molecule has 1 aromatic heterocycles. The van der Waals surface area contributed by atoms with E-state index >= 15 is 0 Å². The van der Waals surface area contributed by atoms with Gasteiger partial charge in [-0.1, -0.05) is 18.7 Å². The smallest absolute Gasteiger partial charge is 0.319 e. The van der Waals surface area contributed by atoms with Gasteiger partial charge in [0.05, 0.1) is 0 Å². The zero-order valence-electron chi connectivity index (χ0n) is 8.10.